The maximum absolute atomic E-state index is 11.4. The van der Waals surface area contributed by atoms with E-state index in [-0.39, 0.29) is 0 Å². The lowest BCUT2D eigenvalue weighted by atomic mass is 10.2. The molecule has 2 nitrogen and oxygen atoms in total. The van der Waals surface area contributed by atoms with Crippen molar-refractivity contribution in [3.63, 3.8) is 0 Å². The molecule has 1 aliphatic carbocycles. The van der Waals surface area contributed by atoms with Gasteiger partial charge in [-0.1, -0.05) is 0 Å². The normalized spacial score (nSPS) is 25.7. The van der Waals surface area contributed by atoms with Gasteiger partial charge in [0.1, 0.15) is 5.78 Å². The van der Waals surface area contributed by atoms with E-state index in [1.54, 1.807) is 0 Å². The smallest absolute Gasteiger partial charge is 0.149 e. The third-order valence-electron chi connectivity index (χ3n) is 2.52. The SMILES string of the molecule is O=C(CN1CCSCC1)C1CC1. The number of hydrogen-bond acceptors (Lipinski definition) is 3. The van der Waals surface area contributed by atoms with Gasteiger partial charge in [-0.3, -0.25) is 9.69 Å². The molecule has 12 heavy (non-hydrogen) atoms. The lowest BCUT2D eigenvalue weighted by Gasteiger charge is -2.25. The van der Waals surface area contributed by atoms with Crippen molar-refractivity contribution < 1.29 is 4.79 Å². The van der Waals surface area contributed by atoms with Crippen LogP contribution < -0.4 is 0 Å². The summed E-state index contributed by atoms with van der Waals surface area (Å²) >= 11 is 2.00. The average molecular weight is 185 g/mol. The second-order valence-electron chi connectivity index (χ2n) is 3.63. The zero-order valence-electron chi connectivity index (χ0n) is 7.29. The van der Waals surface area contributed by atoms with Crippen molar-refractivity contribution in [1.82, 2.24) is 4.90 Å². The molecule has 0 atom stereocenters. The minimum atomic E-state index is 0.444. The predicted octanol–water partition coefficient (Wildman–Crippen LogP) is 1.01. The van der Waals surface area contributed by atoms with Crippen LogP contribution in [0, 0.1) is 5.92 Å². The highest BCUT2D eigenvalue weighted by molar-refractivity contribution is 7.99. The highest BCUT2D eigenvalue weighted by Crippen LogP contribution is 2.30. The summed E-state index contributed by atoms with van der Waals surface area (Å²) in [7, 11) is 0. The monoisotopic (exact) mass is 185 g/mol. The van der Waals surface area contributed by atoms with Gasteiger partial charge < -0.3 is 0 Å². The van der Waals surface area contributed by atoms with Gasteiger partial charge in [0.05, 0.1) is 6.54 Å². The third kappa shape index (κ3) is 2.23. The van der Waals surface area contributed by atoms with Gasteiger partial charge in [0, 0.05) is 30.5 Å². The van der Waals surface area contributed by atoms with Gasteiger partial charge in [0.2, 0.25) is 0 Å². The third-order valence-corrected chi connectivity index (χ3v) is 3.46. The van der Waals surface area contributed by atoms with E-state index in [1.165, 1.54) is 11.5 Å². The van der Waals surface area contributed by atoms with Crippen molar-refractivity contribution in [2.45, 2.75) is 12.8 Å². The van der Waals surface area contributed by atoms with E-state index in [1.807, 2.05) is 11.8 Å². The Balaban J connectivity index is 1.73. The van der Waals surface area contributed by atoms with Crippen molar-refractivity contribution in [3.05, 3.63) is 0 Å². The van der Waals surface area contributed by atoms with E-state index >= 15 is 0 Å². The Morgan fingerprint density at radius 2 is 2.00 bits per heavy atom. The molecule has 0 N–H and O–H groups in total. The highest BCUT2D eigenvalue weighted by Gasteiger charge is 2.30. The second-order valence-corrected chi connectivity index (χ2v) is 4.85. The van der Waals surface area contributed by atoms with Crippen LogP contribution in [-0.2, 0) is 4.79 Å². The number of nitrogens with zero attached hydrogens (tertiary/aromatic N) is 1. The molecule has 3 heteroatoms. The summed E-state index contributed by atoms with van der Waals surface area (Å²) in [5.74, 6) is 3.34. The molecule has 2 rings (SSSR count). The number of ketones is 1. The first-order valence-corrected chi connectivity index (χ1v) is 5.84. The maximum Gasteiger partial charge on any atom is 0.149 e. The van der Waals surface area contributed by atoms with E-state index in [0.29, 0.717) is 11.7 Å². The van der Waals surface area contributed by atoms with Crippen molar-refractivity contribution in [1.29, 1.82) is 0 Å². The highest BCUT2D eigenvalue weighted by atomic mass is 32.2. The molecule has 1 saturated heterocycles. The number of Topliss-reactive ketones (excluding diaryl/α,β-unsaturated/α-hetero) is 1. The molecule has 0 amide bonds. The molecule has 1 saturated carbocycles. The van der Waals surface area contributed by atoms with E-state index in [4.69, 9.17) is 0 Å². The van der Waals surface area contributed by atoms with Crippen molar-refractivity contribution in [3.8, 4) is 0 Å². The molecule has 0 spiro atoms. The summed E-state index contributed by atoms with van der Waals surface area (Å²) < 4.78 is 0. The van der Waals surface area contributed by atoms with E-state index in [9.17, 15) is 4.79 Å². The van der Waals surface area contributed by atoms with E-state index < -0.39 is 0 Å². The fourth-order valence-electron chi connectivity index (χ4n) is 1.51. The van der Waals surface area contributed by atoms with Gasteiger partial charge in [0.15, 0.2) is 0 Å². The van der Waals surface area contributed by atoms with Crippen molar-refractivity contribution in [2.75, 3.05) is 31.1 Å². The molecule has 0 unspecified atom stereocenters. The van der Waals surface area contributed by atoms with Gasteiger partial charge in [-0.25, -0.2) is 0 Å². The topological polar surface area (TPSA) is 20.3 Å². The fourth-order valence-corrected chi connectivity index (χ4v) is 2.49. The molecule has 2 fully saturated rings. The first-order chi connectivity index (χ1) is 5.86. The lowest BCUT2D eigenvalue weighted by molar-refractivity contribution is -0.121. The van der Waals surface area contributed by atoms with Crippen LogP contribution in [-0.4, -0.2) is 41.8 Å². The van der Waals surface area contributed by atoms with Crippen molar-refractivity contribution >= 4 is 17.5 Å². The number of carbonyl (C=O) groups excluding carboxylic acids is 1. The molecule has 2 aliphatic rings. The first-order valence-electron chi connectivity index (χ1n) is 4.69. The Morgan fingerprint density at radius 1 is 1.33 bits per heavy atom. The molecule has 0 aromatic heterocycles. The van der Waals surface area contributed by atoms with E-state index in [2.05, 4.69) is 4.90 Å². The van der Waals surface area contributed by atoms with Crippen LogP contribution >= 0.6 is 11.8 Å². The molecule has 0 aromatic carbocycles. The lowest BCUT2D eigenvalue weighted by Crippen LogP contribution is -2.37. The average Bonchev–Trinajstić information content (AvgIpc) is 2.88. The summed E-state index contributed by atoms with van der Waals surface area (Å²) in [6, 6.07) is 0. The summed E-state index contributed by atoms with van der Waals surface area (Å²) in [6.45, 7) is 2.96. The fraction of sp³-hybridized carbons (Fsp3) is 0.889. The molecule has 0 bridgehead atoms. The number of rotatable bonds is 3. The van der Waals surface area contributed by atoms with Crippen LogP contribution in [0.25, 0.3) is 0 Å². The molecule has 68 valence electrons. The second kappa shape index (κ2) is 3.79. The summed E-state index contributed by atoms with van der Waals surface area (Å²) in [4.78, 5) is 13.7. The minimum Gasteiger partial charge on any atom is -0.298 e. The van der Waals surface area contributed by atoms with Gasteiger partial charge in [-0.2, -0.15) is 11.8 Å². The Kier molecular flexibility index (Phi) is 2.71. The Hall–Kier alpha value is -0.0200. The molecular weight excluding hydrogens is 170 g/mol. The number of hydrogen-bond donors (Lipinski definition) is 0. The van der Waals surface area contributed by atoms with Crippen molar-refractivity contribution in [2.24, 2.45) is 5.92 Å². The minimum absolute atomic E-state index is 0.444. The van der Waals surface area contributed by atoms with E-state index in [0.717, 1.165) is 32.5 Å². The number of thioether (sulfide) groups is 1. The Labute approximate surface area is 77.7 Å². The molecule has 0 radical (unpaired) electrons. The zero-order chi connectivity index (χ0) is 8.39. The van der Waals surface area contributed by atoms with Crippen LogP contribution in [0.4, 0.5) is 0 Å². The predicted molar refractivity (Wildman–Crippen MR) is 51.5 cm³/mol. The summed E-state index contributed by atoms with van der Waals surface area (Å²) in [5.41, 5.74) is 0. The number of carbonyl (C=O) groups is 1. The Morgan fingerprint density at radius 3 is 2.58 bits per heavy atom. The van der Waals surface area contributed by atoms with Crippen LogP contribution in [0.5, 0.6) is 0 Å². The molecular formula is C9H15NOS. The zero-order valence-corrected chi connectivity index (χ0v) is 8.11. The Bertz CT molecular complexity index is 173. The van der Waals surface area contributed by atoms with Gasteiger partial charge in [0.25, 0.3) is 0 Å². The van der Waals surface area contributed by atoms with Crippen LogP contribution in [0.15, 0.2) is 0 Å². The molecule has 1 heterocycles. The summed E-state index contributed by atoms with van der Waals surface area (Å²) in [6.07, 6.45) is 2.31. The molecule has 0 aromatic rings. The van der Waals surface area contributed by atoms with Crippen LogP contribution in [0.2, 0.25) is 0 Å². The van der Waals surface area contributed by atoms with Crippen LogP contribution in [0.3, 0.4) is 0 Å². The van der Waals surface area contributed by atoms with Gasteiger partial charge in [-0.05, 0) is 12.8 Å². The first kappa shape index (κ1) is 8.57. The van der Waals surface area contributed by atoms with Crippen LogP contribution in [0.1, 0.15) is 12.8 Å². The van der Waals surface area contributed by atoms with Gasteiger partial charge >= 0.3 is 0 Å². The largest absolute Gasteiger partial charge is 0.298 e. The summed E-state index contributed by atoms with van der Waals surface area (Å²) in [5, 5.41) is 0. The van der Waals surface area contributed by atoms with Gasteiger partial charge in [-0.15, -0.1) is 0 Å². The maximum atomic E-state index is 11.4. The standard InChI is InChI=1S/C9H15NOS/c11-9(8-1-2-8)7-10-3-5-12-6-4-10/h8H,1-7H2. The molecule has 1 aliphatic heterocycles. The quantitative estimate of drug-likeness (QED) is 0.654.